The average Bonchev–Trinajstić information content (AvgIpc) is 3.43. The van der Waals surface area contributed by atoms with E-state index in [1.54, 1.807) is 58.6 Å². The molecule has 0 aromatic carbocycles. The number of rotatable bonds is 5. The summed E-state index contributed by atoms with van der Waals surface area (Å²) in [6.07, 6.45) is 6.74. The molecule has 1 fully saturated rings. The van der Waals surface area contributed by atoms with Crippen molar-refractivity contribution in [2.75, 3.05) is 13.1 Å². The molecule has 0 bridgehead atoms. The quantitative estimate of drug-likeness (QED) is 0.740. The van der Waals surface area contributed by atoms with Crippen LogP contribution in [0.25, 0.3) is 0 Å². The Balaban J connectivity index is 1.50. The fraction of sp³-hybridized carbons (Fsp3) is 0.263. The number of aliphatic carboxylic acids is 1. The maximum atomic E-state index is 12.8. The molecule has 8 heteroatoms. The molecule has 0 saturated carbocycles. The molecular weight excluding hydrogens is 348 g/mol. The van der Waals surface area contributed by atoms with Crippen molar-refractivity contribution in [2.24, 2.45) is 5.92 Å². The zero-order chi connectivity index (χ0) is 18.8. The third kappa shape index (κ3) is 3.46. The van der Waals surface area contributed by atoms with E-state index in [-0.39, 0.29) is 24.1 Å². The van der Waals surface area contributed by atoms with Crippen molar-refractivity contribution >= 4 is 11.9 Å². The van der Waals surface area contributed by atoms with E-state index >= 15 is 0 Å². The van der Waals surface area contributed by atoms with Crippen LogP contribution in [0.4, 0.5) is 0 Å². The van der Waals surface area contributed by atoms with Crippen molar-refractivity contribution < 1.29 is 19.1 Å². The Morgan fingerprint density at radius 2 is 1.96 bits per heavy atom. The number of carboxylic acids is 1. The summed E-state index contributed by atoms with van der Waals surface area (Å²) in [5.41, 5.74) is 0.867. The topological polar surface area (TPSA) is 101 Å². The van der Waals surface area contributed by atoms with E-state index in [0.29, 0.717) is 18.8 Å². The fourth-order valence-electron chi connectivity index (χ4n) is 3.46. The number of carbonyl (C=O) groups excluding carboxylic acids is 1. The van der Waals surface area contributed by atoms with E-state index in [0.717, 1.165) is 5.56 Å². The normalized spacial score (nSPS) is 19.3. The number of furan rings is 1. The van der Waals surface area contributed by atoms with Gasteiger partial charge >= 0.3 is 5.97 Å². The molecule has 138 valence electrons. The SMILES string of the molecule is O=C(O)[C@@H]1CN(C(=O)c2ccc(Cn3cccn3)o2)C[C@H]1c1ccncc1. The summed E-state index contributed by atoms with van der Waals surface area (Å²) in [7, 11) is 0. The van der Waals surface area contributed by atoms with E-state index in [4.69, 9.17) is 4.42 Å². The van der Waals surface area contributed by atoms with E-state index < -0.39 is 11.9 Å². The van der Waals surface area contributed by atoms with Gasteiger partial charge < -0.3 is 14.4 Å². The number of carboxylic acid groups (broad SMARTS) is 1. The predicted octanol–water partition coefficient (Wildman–Crippen LogP) is 1.86. The lowest BCUT2D eigenvalue weighted by atomic mass is 9.90. The minimum absolute atomic E-state index is 0.149. The molecule has 0 spiro atoms. The second-order valence-electron chi connectivity index (χ2n) is 6.51. The highest BCUT2D eigenvalue weighted by Gasteiger charge is 2.41. The van der Waals surface area contributed by atoms with Crippen LogP contribution in [0.1, 0.15) is 27.8 Å². The minimum atomic E-state index is -0.911. The number of amides is 1. The molecule has 1 amide bonds. The Labute approximate surface area is 155 Å². The number of nitrogens with zero attached hydrogens (tertiary/aromatic N) is 4. The van der Waals surface area contributed by atoms with Gasteiger partial charge in [0.1, 0.15) is 5.76 Å². The molecular formula is C19H18N4O4. The van der Waals surface area contributed by atoms with Crippen molar-refractivity contribution in [3.05, 3.63) is 72.2 Å². The first-order valence-corrected chi connectivity index (χ1v) is 8.60. The molecule has 0 unspecified atom stereocenters. The van der Waals surface area contributed by atoms with Gasteiger partial charge in [-0.1, -0.05) is 0 Å². The number of carbonyl (C=O) groups is 2. The molecule has 3 aromatic rings. The Hall–Kier alpha value is -3.42. The van der Waals surface area contributed by atoms with Crippen molar-refractivity contribution in [2.45, 2.75) is 12.5 Å². The molecule has 8 nitrogen and oxygen atoms in total. The van der Waals surface area contributed by atoms with Crippen molar-refractivity contribution in [1.29, 1.82) is 0 Å². The molecule has 3 aromatic heterocycles. The number of pyridine rings is 1. The van der Waals surface area contributed by atoms with Gasteiger partial charge in [-0.3, -0.25) is 19.3 Å². The smallest absolute Gasteiger partial charge is 0.308 e. The standard InChI is InChI=1S/C19H18N4O4/c24-18(17-3-2-14(27-17)10-23-9-1-6-21-23)22-11-15(16(12-22)19(25)26)13-4-7-20-8-5-13/h1-9,15-16H,10-12H2,(H,25,26)/t15-,16+/m0/s1. The Morgan fingerprint density at radius 1 is 1.15 bits per heavy atom. The van der Waals surface area contributed by atoms with Crippen LogP contribution in [0.15, 0.2) is 59.5 Å². The minimum Gasteiger partial charge on any atom is -0.481 e. The maximum Gasteiger partial charge on any atom is 0.308 e. The van der Waals surface area contributed by atoms with Crippen LogP contribution < -0.4 is 0 Å². The molecule has 4 rings (SSSR count). The van der Waals surface area contributed by atoms with Crippen LogP contribution in [0, 0.1) is 5.92 Å². The summed E-state index contributed by atoms with van der Waals surface area (Å²) in [6, 6.07) is 8.76. The zero-order valence-electron chi connectivity index (χ0n) is 14.4. The van der Waals surface area contributed by atoms with E-state index in [2.05, 4.69) is 10.1 Å². The lowest BCUT2D eigenvalue weighted by Crippen LogP contribution is -2.29. The van der Waals surface area contributed by atoms with Gasteiger partial charge in [0.05, 0.1) is 12.5 Å². The van der Waals surface area contributed by atoms with Crippen LogP contribution in [0.5, 0.6) is 0 Å². The van der Waals surface area contributed by atoms with Gasteiger partial charge in [-0.15, -0.1) is 0 Å². The van der Waals surface area contributed by atoms with Crippen LogP contribution in [-0.2, 0) is 11.3 Å². The molecule has 0 radical (unpaired) electrons. The van der Waals surface area contributed by atoms with Crippen molar-refractivity contribution in [3.63, 3.8) is 0 Å². The van der Waals surface area contributed by atoms with Gasteiger partial charge in [0.15, 0.2) is 5.76 Å². The second kappa shape index (κ2) is 7.06. The molecule has 27 heavy (non-hydrogen) atoms. The average molecular weight is 366 g/mol. The number of hydrogen-bond donors (Lipinski definition) is 1. The highest BCUT2D eigenvalue weighted by Crippen LogP contribution is 2.33. The van der Waals surface area contributed by atoms with Gasteiger partial charge in [-0.05, 0) is 35.9 Å². The van der Waals surface area contributed by atoms with Gasteiger partial charge in [0.25, 0.3) is 5.91 Å². The number of aromatic nitrogens is 3. The Kier molecular flexibility index (Phi) is 4.45. The number of hydrogen-bond acceptors (Lipinski definition) is 5. The van der Waals surface area contributed by atoms with Crippen LogP contribution >= 0.6 is 0 Å². The fourth-order valence-corrected chi connectivity index (χ4v) is 3.46. The van der Waals surface area contributed by atoms with Gasteiger partial charge in [-0.2, -0.15) is 5.10 Å². The van der Waals surface area contributed by atoms with Crippen LogP contribution in [0.2, 0.25) is 0 Å². The molecule has 1 N–H and O–H groups in total. The van der Waals surface area contributed by atoms with Gasteiger partial charge in [-0.25, -0.2) is 0 Å². The van der Waals surface area contributed by atoms with Crippen molar-refractivity contribution in [1.82, 2.24) is 19.7 Å². The van der Waals surface area contributed by atoms with Gasteiger partial charge in [0.2, 0.25) is 0 Å². The zero-order valence-corrected chi connectivity index (χ0v) is 14.4. The maximum absolute atomic E-state index is 12.8. The summed E-state index contributed by atoms with van der Waals surface area (Å²) in [4.78, 5) is 30.0. The highest BCUT2D eigenvalue weighted by atomic mass is 16.4. The van der Waals surface area contributed by atoms with Crippen LogP contribution in [-0.4, -0.2) is 49.7 Å². The lowest BCUT2D eigenvalue weighted by Gasteiger charge is -2.15. The molecule has 1 saturated heterocycles. The van der Waals surface area contributed by atoms with Crippen molar-refractivity contribution in [3.8, 4) is 0 Å². The summed E-state index contributed by atoms with van der Waals surface area (Å²) in [5, 5.41) is 13.7. The first kappa shape index (κ1) is 17.0. The summed E-state index contributed by atoms with van der Waals surface area (Å²) in [6.45, 7) is 0.906. The monoisotopic (exact) mass is 366 g/mol. The van der Waals surface area contributed by atoms with E-state index in [1.807, 2.05) is 6.07 Å². The molecule has 1 aliphatic rings. The lowest BCUT2D eigenvalue weighted by molar-refractivity contribution is -0.141. The largest absolute Gasteiger partial charge is 0.481 e. The molecule has 2 atom stereocenters. The third-order valence-corrected chi connectivity index (χ3v) is 4.81. The van der Waals surface area contributed by atoms with E-state index in [1.165, 1.54) is 0 Å². The summed E-state index contributed by atoms with van der Waals surface area (Å²) < 4.78 is 7.36. The summed E-state index contributed by atoms with van der Waals surface area (Å²) >= 11 is 0. The van der Waals surface area contributed by atoms with Crippen LogP contribution in [0.3, 0.4) is 0 Å². The van der Waals surface area contributed by atoms with Gasteiger partial charge in [0, 0.05) is 43.8 Å². The first-order chi connectivity index (χ1) is 13.1. The molecule has 1 aliphatic heterocycles. The molecule has 4 heterocycles. The Morgan fingerprint density at radius 3 is 2.67 bits per heavy atom. The Bertz CT molecular complexity index is 936. The number of likely N-dealkylation sites (tertiary alicyclic amines) is 1. The first-order valence-electron chi connectivity index (χ1n) is 8.60. The highest BCUT2D eigenvalue weighted by molar-refractivity contribution is 5.92. The second-order valence-corrected chi connectivity index (χ2v) is 6.51. The summed E-state index contributed by atoms with van der Waals surface area (Å²) in [5.74, 6) is -1.32. The third-order valence-electron chi connectivity index (χ3n) is 4.81. The predicted molar refractivity (Wildman–Crippen MR) is 94.0 cm³/mol. The van der Waals surface area contributed by atoms with E-state index in [9.17, 15) is 14.7 Å². The molecule has 0 aliphatic carbocycles.